The Balaban J connectivity index is 2.42. The molecule has 0 amide bonds. The maximum atomic E-state index is 5.63. The molecule has 0 radical (unpaired) electrons. The average Bonchev–Trinajstić information content (AvgIpc) is 2.76. The van der Waals surface area contributed by atoms with Gasteiger partial charge in [0, 0.05) is 6.07 Å². The van der Waals surface area contributed by atoms with Crippen molar-refractivity contribution in [1.82, 2.24) is 9.97 Å². The van der Waals surface area contributed by atoms with Crippen molar-refractivity contribution in [3.63, 3.8) is 0 Å². The van der Waals surface area contributed by atoms with Gasteiger partial charge in [0.15, 0.2) is 10.9 Å². The Kier molecular flexibility index (Phi) is 3.40. The third-order valence-electron chi connectivity index (χ3n) is 1.96. The zero-order chi connectivity index (χ0) is 11.5. The molecule has 0 fully saturated rings. The van der Waals surface area contributed by atoms with Gasteiger partial charge in [-0.2, -0.15) is 0 Å². The molecule has 0 unspecified atom stereocenters. The van der Waals surface area contributed by atoms with Crippen LogP contribution in [0.15, 0.2) is 32.7 Å². The Morgan fingerprint density at radius 1 is 1.19 bits per heavy atom. The van der Waals surface area contributed by atoms with Crippen LogP contribution in [0.3, 0.4) is 0 Å². The summed E-state index contributed by atoms with van der Waals surface area (Å²) in [5.74, 6) is 0.984. The van der Waals surface area contributed by atoms with Gasteiger partial charge in [0.25, 0.3) is 0 Å². The number of furan rings is 1. The monoisotopic (exact) mass is 253 g/mol. The van der Waals surface area contributed by atoms with E-state index in [1.54, 1.807) is 11.8 Å². The molecule has 0 spiro atoms. The highest BCUT2D eigenvalue weighted by Gasteiger charge is 2.08. The number of hydrogen-bond acceptors (Lipinski definition) is 6. The van der Waals surface area contributed by atoms with Crippen LogP contribution in [0.25, 0.3) is 11.5 Å². The topological polar surface area (TPSA) is 64.9 Å². The van der Waals surface area contributed by atoms with E-state index in [0.29, 0.717) is 5.76 Å². The normalized spacial score (nSPS) is 10.6. The van der Waals surface area contributed by atoms with Gasteiger partial charge in [-0.25, -0.2) is 9.97 Å². The van der Waals surface area contributed by atoms with Crippen LogP contribution in [0.5, 0.6) is 0 Å². The van der Waals surface area contributed by atoms with Crippen molar-refractivity contribution < 1.29 is 4.42 Å². The Morgan fingerprint density at radius 3 is 2.62 bits per heavy atom. The lowest BCUT2D eigenvalue weighted by Gasteiger charge is -2.01. The number of aromatic nitrogens is 2. The summed E-state index contributed by atoms with van der Waals surface area (Å²) >= 11 is 3.08. The summed E-state index contributed by atoms with van der Waals surface area (Å²) in [4.78, 5) is 8.24. The van der Waals surface area contributed by atoms with Gasteiger partial charge in [0.2, 0.25) is 5.95 Å². The molecule has 2 N–H and O–H groups in total. The predicted octanol–water partition coefficient (Wildman–Crippen LogP) is 2.76. The summed E-state index contributed by atoms with van der Waals surface area (Å²) in [5, 5.41) is 1.70. The molecule has 16 heavy (non-hydrogen) atoms. The number of nitrogens with two attached hydrogens (primary N) is 1. The van der Waals surface area contributed by atoms with Crippen molar-refractivity contribution in [2.24, 2.45) is 0 Å². The minimum absolute atomic E-state index is 0.268. The third-order valence-corrected chi connectivity index (χ3v) is 3.21. The van der Waals surface area contributed by atoms with E-state index in [1.165, 1.54) is 11.8 Å². The zero-order valence-corrected chi connectivity index (χ0v) is 10.6. The zero-order valence-electron chi connectivity index (χ0n) is 8.93. The number of nitrogen functional groups attached to an aromatic ring is 1. The average molecular weight is 253 g/mol. The van der Waals surface area contributed by atoms with Crippen molar-refractivity contribution in [3.05, 3.63) is 18.2 Å². The van der Waals surface area contributed by atoms with Gasteiger partial charge in [-0.15, -0.1) is 11.8 Å². The summed E-state index contributed by atoms with van der Waals surface area (Å²) in [7, 11) is 0. The minimum Gasteiger partial charge on any atom is -0.448 e. The first-order valence-corrected chi connectivity index (χ1v) is 7.00. The number of thioether (sulfide) groups is 2. The molecule has 0 bridgehead atoms. The van der Waals surface area contributed by atoms with Crippen molar-refractivity contribution in [1.29, 1.82) is 0 Å². The van der Waals surface area contributed by atoms with Crippen LogP contribution in [0.1, 0.15) is 0 Å². The highest BCUT2D eigenvalue weighted by molar-refractivity contribution is 7.98. The first-order valence-electron chi connectivity index (χ1n) is 4.55. The fraction of sp³-hybridized carbons (Fsp3) is 0.200. The third kappa shape index (κ3) is 2.33. The van der Waals surface area contributed by atoms with Gasteiger partial charge in [0.05, 0.1) is 0 Å². The number of rotatable bonds is 3. The van der Waals surface area contributed by atoms with Gasteiger partial charge in [-0.05, 0) is 24.6 Å². The molecule has 0 aromatic carbocycles. The quantitative estimate of drug-likeness (QED) is 0.670. The summed E-state index contributed by atoms with van der Waals surface area (Å²) in [6, 6.07) is 5.67. The van der Waals surface area contributed by atoms with Gasteiger partial charge < -0.3 is 10.2 Å². The molecule has 0 aliphatic rings. The molecule has 0 saturated heterocycles. The van der Waals surface area contributed by atoms with Gasteiger partial charge in [-0.1, -0.05) is 11.8 Å². The smallest absolute Gasteiger partial charge is 0.221 e. The molecule has 2 heterocycles. The van der Waals surface area contributed by atoms with E-state index in [4.69, 9.17) is 10.2 Å². The lowest BCUT2D eigenvalue weighted by molar-refractivity contribution is 0.486. The van der Waals surface area contributed by atoms with Crippen LogP contribution in [0.2, 0.25) is 0 Å². The molecule has 0 aliphatic carbocycles. The van der Waals surface area contributed by atoms with Crippen molar-refractivity contribution in [3.8, 4) is 11.5 Å². The van der Waals surface area contributed by atoms with Crippen molar-refractivity contribution in [2.45, 2.75) is 10.1 Å². The van der Waals surface area contributed by atoms with Crippen LogP contribution in [0, 0.1) is 0 Å². The van der Waals surface area contributed by atoms with E-state index in [1.807, 2.05) is 30.7 Å². The number of hydrogen-bond donors (Lipinski definition) is 1. The molecular formula is C10H11N3OS2. The van der Waals surface area contributed by atoms with E-state index in [9.17, 15) is 0 Å². The standard InChI is InChI=1S/C10H11N3OS2/c1-15-8-5-6(12-10(11)13-8)7-3-4-9(14-7)16-2/h3-5H,1-2H3,(H2,11,12,13). The largest absolute Gasteiger partial charge is 0.448 e. The highest BCUT2D eigenvalue weighted by Crippen LogP contribution is 2.27. The van der Waals surface area contributed by atoms with Gasteiger partial charge in [0.1, 0.15) is 10.7 Å². The molecule has 4 nitrogen and oxygen atoms in total. The maximum absolute atomic E-state index is 5.63. The molecule has 0 aliphatic heterocycles. The summed E-state index contributed by atoms with van der Waals surface area (Å²) in [5.41, 5.74) is 6.35. The summed E-state index contributed by atoms with van der Waals surface area (Å²) < 4.78 is 5.58. The van der Waals surface area contributed by atoms with Crippen molar-refractivity contribution in [2.75, 3.05) is 18.2 Å². The van der Waals surface area contributed by atoms with Crippen molar-refractivity contribution >= 4 is 29.5 Å². The SMILES string of the molecule is CSc1cc(-c2ccc(SC)o2)nc(N)n1. The lowest BCUT2D eigenvalue weighted by atomic mass is 10.3. The molecule has 2 rings (SSSR count). The lowest BCUT2D eigenvalue weighted by Crippen LogP contribution is -1.97. The molecule has 84 valence electrons. The summed E-state index contributed by atoms with van der Waals surface area (Å²) in [6.45, 7) is 0. The fourth-order valence-electron chi connectivity index (χ4n) is 1.24. The number of anilines is 1. The predicted molar refractivity (Wildman–Crippen MR) is 67.7 cm³/mol. The fourth-order valence-corrected chi connectivity index (χ4v) is 2.03. The number of nitrogens with zero attached hydrogens (tertiary/aromatic N) is 2. The Hall–Kier alpha value is -1.14. The molecule has 6 heteroatoms. The van der Waals surface area contributed by atoms with Crippen LogP contribution < -0.4 is 5.73 Å². The van der Waals surface area contributed by atoms with Crippen LogP contribution >= 0.6 is 23.5 Å². The second-order valence-electron chi connectivity index (χ2n) is 2.98. The van der Waals surface area contributed by atoms with E-state index >= 15 is 0 Å². The molecule has 2 aromatic rings. The second-order valence-corrected chi connectivity index (χ2v) is 4.61. The van der Waals surface area contributed by atoms with Crippen LogP contribution in [-0.4, -0.2) is 22.5 Å². The maximum Gasteiger partial charge on any atom is 0.221 e. The van der Waals surface area contributed by atoms with E-state index in [0.717, 1.165) is 15.8 Å². The molecular weight excluding hydrogens is 242 g/mol. The van der Waals surface area contributed by atoms with E-state index in [-0.39, 0.29) is 5.95 Å². The molecule has 0 saturated carbocycles. The summed E-state index contributed by atoms with van der Waals surface area (Å²) in [6.07, 6.45) is 3.91. The first kappa shape index (κ1) is 11.3. The first-order chi connectivity index (χ1) is 7.72. The molecule has 2 aromatic heterocycles. The molecule has 0 atom stereocenters. The van der Waals surface area contributed by atoms with Crippen LogP contribution in [0.4, 0.5) is 5.95 Å². The Bertz CT molecular complexity index is 499. The minimum atomic E-state index is 0.268. The van der Waals surface area contributed by atoms with E-state index in [2.05, 4.69) is 9.97 Å². The van der Waals surface area contributed by atoms with Gasteiger partial charge in [-0.3, -0.25) is 0 Å². The second kappa shape index (κ2) is 4.80. The Labute approximate surface area is 102 Å². The van der Waals surface area contributed by atoms with E-state index < -0.39 is 0 Å². The Morgan fingerprint density at radius 2 is 2.00 bits per heavy atom. The van der Waals surface area contributed by atoms with Gasteiger partial charge >= 0.3 is 0 Å². The van der Waals surface area contributed by atoms with Crippen LogP contribution in [-0.2, 0) is 0 Å². The highest BCUT2D eigenvalue weighted by atomic mass is 32.2.